The molecule has 23 heavy (non-hydrogen) atoms. The van der Waals surface area contributed by atoms with Crippen LogP contribution in [0.15, 0.2) is 24.3 Å². The second-order valence-corrected chi connectivity index (χ2v) is 7.26. The molecule has 1 amide bonds. The van der Waals surface area contributed by atoms with Gasteiger partial charge in [0.1, 0.15) is 5.75 Å². The van der Waals surface area contributed by atoms with E-state index < -0.39 is 0 Å². The third kappa shape index (κ3) is 5.03. The van der Waals surface area contributed by atoms with Crippen LogP contribution in [0.4, 0.5) is 0 Å². The Morgan fingerprint density at radius 2 is 2.00 bits per heavy atom. The van der Waals surface area contributed by atoms with Gasteiger partial charge >= 0.3 is 0 Å². The summed E-state index contributed by atoms with van der Waals surface area (Å²) in [5, 5.41) is 12.8. The molecule has 0 bridgehead atoms. The second kappa shape index (κ2) is 7.90. The molecule has 0 saturated heterocycles. The van der Waals surface area contributed by atoms with Gasteiger partial charge in [-0.05, 0) is 26.0 Å². The van der Waals surface area contributed by atoms with Crippen LogP contribution in [0.25, 0.3) is 0 Å². The summed E-state index contributed by atoms with van der Waals surface area (Å²) in [5.41, 5.74) is 0. The minimum atomic E-state index is -0.0868. The average Bonchev–Trinajstić information content (AvgIpc) is 2.88. The van der Waals surface area contributed by atoms with E-state index >= 15 is 0 Å². The van der Waals surface area contributed by atoms with Crippen LogP contribution in [0.1, 0.15) is 27.9 Å². The molecular weight excluding hydrogens is 357 g/mol. The number of benzene rings is 1. The van der Waals surface area contributed by atoms with Crippen molar-refractivity contribution in [3.63, 3.8) is 0 Å². The summed E-state index contributed by atoms with van der Waals surface area (Å²) in [7, 11) is 0. The van der Waals surface area contributed by atoms with Crippen molar-refractivity contribution in [2.45, 2.75) is 26.3 Å². The zero-order chi connectivity index (χ0) is 17.0. The highest BCUT2D eigenvalue weighted by Crippen LogP contribution is 2.36. The van der Waals surface area contributed by atoms with Gasteiger partial charge < -0.3 is 15.2 Å². The maximum absolute atomic E-state index is 12.0. The fourth-order valence-electron chi connectivity index (χ4n) is 1.95. The summed E-state index contributed by atoms with van der Waals surface area (Å²) < 4.78 is 5.56. The van der Waals surface area contributed by atoms with Crippen molar-refractivity contribution in [3.8, 4) is 11.5 Å². The number of hydrogen-bond acceptors (Lipinski definition) is 4. The van der Waals surface area contributed by atoms with Crippen molar-refractivity contribution < 1.29 is 14.6 Å². The Labute approximate surface area is 149 Å². The van der Waals surface area contributed by atoms with E-state index in [0.29, 0.717) is 23.7 Å². The third-order valence-electron chi connectivity index (χ3n) is 3.12. The zero-order valence-electron chi connectivity index (χ0n) is 12.7. The first kappa shape index (κ1) is 17.9. The standard InChI is InChI=1S/C16H17Cl2NO3S/c1-9(19-16(21)14-4-3-10(2)23-14)5-6-22-15-12(17)7-11(20)8-13(15)18/h3-4,7-9,20H,5-6H2,1-2H3,(H,19,21). The highest BCUT2D eigenvalue weighted by molar-refractivity contribution is 7.13. The number of halogens is 2. The molecule has 0 saturated carbocycles. The molecule has 2 rings (SSSR count). The summed E-state index contributed by atoms with van der Waals surface area (Å²) in [6.07, 6.45) is 0.601. The first-order valence-corrected chi connectivity index (χ1v) is 8.62. The lowest BCUT2D eigenvalue weighted by Gasteiger charge is -2.15. The first-order chi connectivity index (χ1) is 10.9. The minimum Gasteiger partial charge on any atom is -0.508 e. The van der Waals surface area contributed by atoms with Crippen LogP contribution >= 0.6 is 34.5 Å². The lowest BCUT2D eigenvalue weighted by molar-refractivity contribution is 0.0939. The lowest BCUT2D eigenvalue weighted by Crippen LogP contribution is -2.33. The van der Waals surface area contributed by atoms with Crippen molar-refractivity contribution in [1.82, 2.24) is 5.32 Å². The monoisotopic (exact) mass is 373 g/mol. The second-order valence-electron chi connectivity index (χ2n) is 5.16. The molecule has 1 atom stereocenters. The molecule has 1 aromatic carbocycles. The number of aromatic hydroxyl groups is 1. The number of carbonyl (C=O) groups is 1. The van der Waals surface area contributed by atoms with E-state index in [1.54, 1.807) is 0 Å². The molecule has 0 aliphatic heterocycles. The van der Waals surface area contributed by atoms with E-state index in [1.807, 2.05) is 26.0 Å². The average molecular weight is 374 g/mol. The van der Waals surface area contributed by atoms with E-state index in [4.69, 9.17) is 27.9 Å². The summed E-state index contributed by atoms with van der Waals surface area (Å²) in [6.45, 7) is 4.21. The fraction of sp³-hybridized carbons (Fsp3) is 0.312. The SMILES string of the molecule is Cc1ccc(C(=O)NC(C)CCOc2c(Cl)cc(O)cc2Cl)s1. The Hall–Kier alpha value is -1.43. The van der Waals surface area contributed by atoms with Gasteiger partial charge in [-0.2, -0.15) is 0 Å². The summed E-state index contributed by atoms with van der Waals surface area (Å²) >= 11 is 13.4. The Kier molecular flexibility index (Phi) is 6.16. The van der Waals surface area contributed by atoms with Crippen molar-refractivity contribution in [2.75, 3.05) is 6.61 Å². The number of rotatable bonds is 6. The van der Waals surface area contributed by atoms with Crippen molar-refractivity contribution >= 4 is 40.4 Å². The molecule has 7 heteroatoms. The molecule has 4 nitrogen and oxygen atoms in total. The van der Waals surface area contributed by atoms with E-state index in [2.05, 4.69) is 5.32 Å². The number of carbonyl (C=O) groups excluding carboxylic acids is 1. The zero-order valence-corrected chi connectivity index (χ0v) is 15.1. The van der Waals surface area contributed by atoms with Crippen LogP contribution in [0.5, 0.6) is 11.5 Å². The molecule has 1 unspecified atom stereocenters. The van der Waals surface area contributed by atoms with E-state index in [1.165, 1.54) is 23.5 Å². The first-order valence-electron chi connectivity index (χ1n) is 7.05. The summed E-state index contributed by atoms with van der Waals surface area (Å²) in [4.78, 5) is 13.8. The predicted molar refractivity (Wildman–Crippen MR) is 94.2 cm³/mol. The number of nitrogens with one attached hydrogen (secondary N) is 1. The number of phenols is 1. The Bertz CT molecular complexity index is 679. The Morgan fingerprint density at radius 1 is 1.35 bits per heavy atom. The van der Waals surface area contributed by atoms with Crippen LogP contribution in [0.2, 0.25) is 10.0 Å². The van der Waals surface area contributed by atoms with E-state index in [0.717, 1.165) is 4.88 Å². The van der Waals surface area contributed by atoms with Gasteiger partial charge in [0.05, 0.1) is 21.5 Å². The molecule has 0 spiro atoms. The van der Waals surface area contributed by atoms with E-state index in [9.17, 15) is 9.90 Å². The van der Waals surface area contributed by atoms with Gasteiger partial charge in [-0.25, -0.2) is 0 Å². The minimum absolute atomic E-state index is 0.0146. The normalized spacial score (nSPS) is 12.0. The van der Waals surface area contributed by atoms with Crippen molar-refractivity contribution in [3.05, 3.63) is 44.1 Å². The smallest absolute Gasteiger partial charge is 0.261 e. The van der Waals surface area contributed by atoms with Crippen LogP contribution in [0.3, 0.4) is 0 Å². The van der Waals surface area contributed by atoms with Gasteiger partial charge in [0.2, 0.25) is 0 Å². The summed E-state index contributed by atoms with van der Waals surface area (Å²) in [5.74, 6) is 0.231. The van der Waals surface area contributed by atoms with Crippen LogP contribution < -0.4 is 10.1 Å². The topological polar surface area (TPSA) is 58.6 Å². The lowest BCUT2D eigenvalue weighted by atomic mass is 10.2. The van der Waals surface area contributed by atoms with Crippen molar-refractivity contribution in [1.29, 1.82) is 0 Å². The number of ether oxygens (including phenoxy) is 1. The maximum atomic E-state index is 12.0. The fourth-order valence-corrected chi connectivity index (χ4v) is 3.30. The number of aryl methyl sites for hydroxylation is 1. The largest absolute Gasteiger partial charge is 0.508 e. The molecule has 0 fully saturated rings. The molecule has 0 aliphatic rings. The predicted octanol–water partition coefficient (Wildman–Crippen LogP) is 4.66. The van der Waals surface area contributed by atoms with Gasteiger partial charge in [0.15, 0.2) is 5.75 Å². The number of amides is 1. The van der Waals surface area contributed by atoms with Crippen LogP contribution in [-0.4, -0.2) is 23.7 Å². The summed E-state index contributed by atoms with van der Waals surface area (Å²) in [6, 6.07) is 6.41. The van der Waals surface area contributed by atoms with Crippen LogP contribution in [0, 0.1) is 6.92 Å². The number of thiophene rings is 1. The van der Waals surface area contributed by atoms with Gasteiger partial charge in [-0.3, -0.25) is 4.79 Å². The highest BCUT2D eigenvalue weighted by Gasteiger charge is 2.13. The van der Waals surface area contributed by atoms with E-state index in [-0.39, 0.29) is 27.7 Å². The number of hydrogen-bond donors (Lipinski definition) is 2. The highest BCUT2D eigenvalue weighted by atomic mass is 35.5. The van der Waals surface area contributed by atoms with Crippen LogP contribution in [-0.2, 0) is 0 Å². The molecule has 0 aliphatic carbocycles. The van der Waals surface area contributed by atoms with Gasteiger partial charge in [-0.15, -0.1) is 11.3 Å². The third-order valence-corrected chi connectivity index (χ3v) is 4.68. The van der Waals surface area contributed by atoms with Crippen molar-refractivity contribution in [2.24, 2.45) is 0 Å². The Balaban J connectivity index is 1.83. The number of phenolic OH excluding ortho intramolecular Hbond substituents is 1. The van der Waals surface area contributed by atoms with Gasteiger partial charge in [0, 0.05) is 29.5 Å². The molecule has 2 aromatic rings. The Morgan fingerprint density at radius 3 is 2.57 bits per heavy atom. The quantitative estimate of drug-likeness (QED) is 0.774. The molecule has 124 valence electrons. The van der Waals surface area contributed by atoms with Gasteiger partial charge in [-0.1, -0.05) is 23.2 Å². The molecule has 1 heterocycles. The molecule has 0 radical (unpaired) electrons. The molecule has 2 N–H and O–H groups in total. The van der Waals surface area contributed by atoms with Gasteiger partial charge in [0.25, 0.3) is 5.91 Å². The molecule has 1 aromatic heterocycles. The molecular formula is C16H17Cl2NO3S. The maximum Gasteiger partial charge on any atom is 0.261 e.